The van der Waals surface area contributed by atoms with E-state index in [4.69, 9.17) is 11.5 Å². The fraction of sp³-hybridized carbons (Fsp3) is 0.0625. The summed E-state index contributed by atoms with van der Waals surface area (Å²) in [5, 5.41) is 3.57. The molecule has 8 nitrogen and oxygen atoms in total. The smallest absolute Gasteiger partial charge is 0.405 e. The zero-order chi connectivity index (χ0) is 25.1. The highest BCUT2D eigenvalue weighted by Gasteiger charge is 2.66. The first-order valence-electron chi connectivity index (χ1n) is 8.35. The number of nitrogens with zero attached hydrogens (tertiary/aromatic N) is 3. The van der Waals surface area contributed by atoms with Gasteiger partial charge in [0.2, 0.25) is 0 Å². The molecule has 1 amide bonds. The number of halogens is 8. The van der Waals surface area contributed by atoms with Gasteiger partial charge >= 0.3 is 16.4 Å². The number of rotatable bonds is 7. The van der Waals surface area contributed by atoms with Crippen molar-refractivity contribution in [2.24, 2.45) is 11.5 Å². The minimum absolute atomic E-state index is 0.00537. The second-order valence-corrected chi connectivity index (χ2v) is 8.61. The van der Waals surface area contributed by atoms with Crippen LogP contribution in [0, 0.1) is 0 Å². The topological polar surface area (TPSA) is 124 Å². The van der Waals surface area contributed by atoms with Gasteiger partial charge in [0.25, 0.3) is 5.91 Å². The van der Waals surface area contributed by atoms with Crippen molar-refractivity contribution in [2.75, 3.05) is 0 Å². The largest absolute Gasteiger partial charge is 0.416 e. The lowest BCUT2D eigenvalue weighted by molar-refractivity contribution is -0.137. The zero-order valence-corrected chi connectivity index (χ0v) is 16.8. The number of hydrogen-bond donors (Lipinski definition) is 4. The van der Waals surface area contributed by atoms with E-state index in [1.54, 1.807) is 0 Å². The third-order valence-corrected chi connectivity index (χ3v) is 4.67. The van der Waals surface area contributed by atoms with Gasteiger partial charge in [-0.15, -0.1) is 5.10 Å². The SMILES string of the molecule is N/C=C\C=C(/N)NNC(=O)/C=C\n1cnc(-c2cc(C(F)(F)F)cc(S(F)(F)(F)(F)F)c2)n1. The number of carbonyl (C=O) groups is 1. The summed E-state index contributed by atoms with van der Waals surface area (Å²) < 4.78 is 105. The minimum atomic E-state index is -10.4. The van der Waals surface area contributed by atoms with E-state index >= 15 is 0 Å². The molecule has 0 saturated heterocycles. The van der Waals surface area contributed by atoms with Gasteiger partial charge in [0.1, 0.15) is 17.0 Å². The first-order chi connectivity index (χ1) is 14.9. The van der Waals surface area contributed by atoms with Gasteiger partial charge in [0.15, 0.2) is 5.82 Å². The van der Waals surface area contributed by atoms with Gasteiger partial charge < -0.3 is 11.5 Å². The Morgan fingerprint density at radius 2 is 1.76 bits per heavy atom. The van der Waals surface area contributed by atoms with Crippen LogP contribution in [0.2, 0.25) is 0 Å². The molecule has 2 aromatic rings. The average Bonchev–Trinajstić information content (AvgIpc) is 3.15. The van der Waals surface area contributed by atoms with Crippen LogP contribution in [0.1, 0.15) is 5.56 Å². The quantitative estimate of drug-likeness (QED) is 0.195. The molecular weight excluding hydrogens is 490 g/mol. The summed E-state index contributed by atoms with van der Waals surface area (Å²) in [5.74, 6) is -1.51. The molecule has 17 heteroatoms. The van der Waals surface area contributed by atoms with Crippen LogP contribution in [0.25, 0.3) is 17.6 Å². The van der Waals surface area contributed by atoms with E-state index in [0.29, 0.717) is 0 Å². The van der Waals surface area contributed by atoms with Gasteiger partial charge in [0.05, 0.1) is 5.56 Å². The molecule has 182 valence electrons. The standard InChI is InChI=1S/C16H15F8N7OS/c17-16(18,19)11-6-10(7-12(8-11)33(20,21,22,23)24)15-27-9-31(30-15)5-3-14(32)29-28-13(26)2-1-4-25/h1-9,28H,25-26H2,(H,29,32)/b4-1-,5-3-,13-2+. The lowest BCUT2D eigenvalue weighted by Gasteiger charge is -2.40. The molecule has 33 heavy (non-hydrogen) atoms. The van der Waals surface area contributed by atoms with Gasteiger partial charge in [-0.05, 0) is 36.6 Å². The van der Waals surface area contributed by atoms with Crippen molar-refractivity contribution in [3.05, 3.63) is 60.3 Å². The first-order valence-corrected chi connectivity index (χ1v) is 10.3. The Bertz CT molecular complexity index is 1140. The lowest BCUT2D eigenvalue weighted by Crippen LogP contribution is -2.38. The minimum Gasteiger partial charge on any atom is -0.405 e. The number of amides is 1. The molecule has 0 saturated carbocycles. The predicted octanol–water partition coefficient (Wildman–Crippen LogP) is 3.99. The van der Waals surface area contributed by atoms with Gasteiger partial charge in [-0.25, -0.2) is 9.67 Å². The summed E-state index contributed by atoms with van der Waals surface area (Å²) in [6.45, 7) is 0. The molecule has 1 aromatic heterocycles. The van der Waals surface area contributed by atoms with Crippen molar-refractivity contribution in [2.45, 2.75) is 11.1 Å². The number of hydrogen-bond acceptors (Lipinski definition) is 6. The molecule has 0 aliphatic carbocycles. The molecule has 0 aliphatic heterocycles. The Kier molecular flexibility index (Phi) is 6.17. The second kappa shape index (κ2) is 7.98. The Morgan fingerprint density at radius 3 is 2.33 bits per heavy atom. The van der Waals surface area contributed by atoms with Crippen molar-refractivity contribution in [3.8, 4) is 11.4 Å². The number of allylic oxidation sites excluding steroid dienone is 2. The van der Waals surface area contributed by atoms with E-state index in [0.717, 1.165) is 23.3 Å². The molecule has 0 radical (unpaired) electrons. The van der Waals surface area contributed by atoms with E-state index in [1.807, 2.05) is 0 Å². The van der Waals surface area contributed by atoms with Crippen molar-refractivity contribution in [1.82, 2.24) is 25.6 Å². The first kappa shape index (κ1) is 25.5. The van der Waals surface area contributed by atoms with Crippen molar-refractivity contribution >= 4 is 22.3 Å². The Hall–Kier alpha value is -3.76. The molecule has 0 unspecified atom stereocenters. The van der Waals surface area contributed by atoms with E-state index in [-0.39, 0.29) is 18.0 Å². The lowest BCUT2D eigenvalue weighted by atomic mass is 10.1. The molecule has 0 atom stereocenters. The molecule has 2 rings (SSSR count). The summed E-state index contributed by atoms with van der Waals surface area (Å²) in [6, 6.07) is -0.664. The monoisotopic (exact) mass is 505 g/mol. The van der Waals surface area contributed by atoms with Crippen molar-refractivity contribution in [1.29, 1.82) is 0 Å². The fourth-order valence-corrected chi connectivity index (χ4v) is 2.81. The summed E-state index contributed by atoms with van der Waals surface area (Å²) in [7, 11) is -10.4. The maximum atomic E-state index is 13.1. The highest BCUT2D eigenvalue weighted by Crippen LogP contribution is 3.02. The van der Waals surface area contributed by atoms with Gasteiger partial charge in [-0.2, -0.15) is 13.2 Å². The van der Waals surface area contributed by atoms with Crippen LogP contribution in [0.3, 0.4) is 0 Å². The molecule has 0 aliphatic rings. The van der Waals surface area contributed by atoms with Gasteiger partial charge in [-0.1, -0.05) is 19.4 Å². The van der Waals surface area contributed by atoms with Crippen LogP contribution >= 0.6 is 10.2 Å². The predicted molar refractivity (Wildman–Crippen MR) is 104 cm³/mol. The van der Waals surface area contributed by atoms with Crippen LogP contribution < -0.4 is 22.3 Å². The zero-order valence-electron chi connectivity index (χ0n) is 16.0. The second-order valence-electron chi connectivity index (χ2n) is 6.20. The van der Waals surface area contributed by atoms with E-state index in [2.05, 4.69) is 20.9 Å². The third kappa shape index (κ3) is 7.41. The Balaban J connectivity index is 2.31. The van der Waals surface area contributed by atoms with Crippen LogP contribution in [0.4, 0.5) is 32.6 Å². The summed E-state index contributed by atoms with van der Waals surface area (Å²) in [4.78, 5) is 12.4. The summed E-state index contributed by atoms with van der Waals surface area (Å²) in [6.07, 6.45) is 1.10. The maximum absolute atomic E-state index is 13.1. The fourth-order valence-electron chi connectivity index (χ4n) is 2.11. The maximum Gasteiger partial charge on any atom is 0.416 e. The number of hydrazine groups is 1. The van der Waals surface area contributed by atoms with Crippen LogP contribution in [0.15, 0.2) is 59.7 Å². The number of benzene rings is 1. The highest BCUT2D eigenvalue weighted by molar-refractivity contribution is 8.45. The molecule has 1 heterocycles. The summed E-state index contributed by atoms with van der Waals surface area (Å²) >= 11 is 0. The molecular formula is C16H15F8N7OS. The molecule has 0 spiro atoms. The van der Waals surface area contributed by atoms with E-state index < -0.39 is 50.2 Å². The van der Waals surface area contributed by atoms with Crippen molar-refractivity contribution < 1.29 is 37.4 Å². The van der Waals surface area contributed by atoms with Crippen LogP contribution in [-0.4, -0.2) is 20.7 Å². The Morgan fingerprint density at radius 1 is 1.09 bits per heavy atom. The normalized spacial score (nSPS) is 15.5. The van der Waals surface area contributed by atoms with Crippen LogP contribution in [-0.2, 0) is 11.0 Å². The van der Waals surface area contributed by atoms with Gasteiger partial charge in [-0.3, -0.25) is 15.6 Å². The average molecular weight is 505 g/mol. The Labute approximate surface area is 180 Å². The number of aromatic nitrogens is 3. The molecule has 6 N–H and O–H groups in total. The number of nitrogens with one attached hydrogen (secondary N) is 2. The van der Waals surface area contributed by atoms with Crippen LogP contribution in [0.5, 0.6) is 0 Å². The highest BCUT2D eigenvalue weighted by atomic mass is 32.5. The van der Waals surface area contributed by atoms with E-state index in [9.17, 15) is 37.4 Å². The van der Waals surface area contributed by atoms with Crippen molar-refractivity contribution in [3.63, 3.8) is 0 Å². The van der Waals surface area contributed by atoms with E-state index in [1.165, 1.54) is 18.4 Å². The number of alkyl halides is 3. The number of carbonyl (C=O) groups excluding carboxylic acids is 1. The van der Waals surface area contributed by atoms with Gasteiger partial charge in [0, 0.05) is 17.8 Å². The third-order valence-electron chi connectivity index (χ3n) is 3.54. The molecule has 1 aromatic carbocycles. The summed E-state index contributed by atoms with van der Waals surface area (Å²) in [5.41, 5.74) is 12.0. The number of nitrogens with two attached hydrogens (primary N) is 2. The molecule has 0 fully saturated rings. The molecule has 0 bridgehead atoms.